The summed E-state index contributed by atoms with van der Waals surface area (Å²) in [5, 5.41) is 0. The van der Waals surface area contributed by atoms with Gasteiger partial charge in [-0.25, -0.2) is 4.79 Å². The van der Waals surface area contributed by atoms with E-state index in [0.29, 0.717) is 0 Å². The van der Waals surface area contributed by atoms with E-state index in [4.69, 9.17) is 4.74 Å². The van der Waals surface area contributed by atoms with Crippen LogP contribution in [0, 0.1) is 0 Å². The van der Waals surface area contributed by atoms with Crippen LogP contribution < -0.4 is 0 Å². The highest BCUT2D eigenvalue weighted by atomic mass is 28.3. The van der Waals surface area contributed by atoms with Gasteiger partial charge >= 0.3 is 6.47 Å². The fourth-order valence-corrected chi connectivity index (χ4v) is 2.76. The van der Waals surface area contributed by atoms with E-state index in [2.05, 4.69) is 19.6 Å². The highest BCUT2D eigenvalue weighted by Crippen LogP contribution is 2.15. The van der Waals surface area contributed by atoms with Crippen LogP contribution in [0.5, 0.6) is 0 Å². The molecule has 65 valence electrons. The van der Waals surface area contributed by atoms with Crippen LogP contribution in [0.3, 0.4) is 0 Å². The summed E-state index contributed by atoms with van der Waals surface area (Å²) in [5.74, 6) is 0. The molecule has 11 heavy (non-hydrogen) atoms. The third-order valence-electron chi connectivity index (χ3n) is 1.51. The second-order valence-electron chi connectivity index (χ2n) is 4.00. The number of hydrogen-bond donors (Lipinski definition) is 0. The largest absolute Gasteiger partial charge is 0.454 e. The summed E-state index contributed by atoms with van der Waals surface area (Å²) in [6.45, 7) is 10.3. The zero-order chi connectivity index (χ0) is 8.91. The molecular weight excluding hydrogens is 156 g/mol. The molecule has 0 rings (SSSR count). The van der Waals surface area contributed by atoms with Gasteiger partial charge in [0.2, 0.25) is 0 Å². The highest BCUT2D eigenvalue weighted by molar-refractivity contribution is 6.76. The third-order valence-corrected chi connectivity index (χ3v) is 3.19. The molecule has 0 spiro atoms. The highest BCUT2D eigenvalue weighted by Gasteiger charge is 2.19. The molecule has 0 saturated carbocycles. The minimum atomic E-state index is -1.08. The maximum Gasteiger partial charge on any atom is 0.417 e. The molecule has 0 saturated heterocycles. The fourth-order valence-electron chi connectivity index (χ4n) is 1.02. The molecule has 0 amide bonds. The summed E-state index contributed by atoms with van der Waals surface area (Å²) < 4.78 is 4.80. The lowest BCUT2D eigenvalue weighted by atomic mass is 10.3. The van der Waals surface area contributed by atoms with Gasteiger partial charge in [-0.3, -0.25) is 0 Å². The van der Waals surface area contributed by atoms with Crippen molar-refractivity contribution in [3.63, 3.8) is 0 Å². The molecule has 1 atom stereocenters. The summed E-state index contributed by atoms with van der Waals surface area (Å²) in [5.41, 5.74) is 0. The fraction of sp³-hybridized carbons (Fsp3) is 0.875. The molecule has 1 radical (unpaired) electrons. The van der Waals surface area contributed by atoms with Gasteiger partial charge in [0.1, 0.15) is 0 Å². The Bertz CT molecular complexity index is 118. The van der Waals surface area contributed by atoms with Crippen LogP contribution in [0.1, 0.15) is 13.3 Å². The molecule has 0 aliphatic heterocycles. The molecule has 0 aromatic heterocycles. The molecule has 2 nitrogen and oxygen atoms in total. The molecule has 0 bridgehead atoms. The van der Waals surface area contributed by atoms with Crippen LogP contribution >= 0.6 is 0 Å². The first kappa shape index (κ1) is 10.7. The van der Waals surface area contributed by atoms with Gasteiger partial charge in [-0.05, 0) is 12.5 Å². The number of ether oxygens (including phenoxy) is 1. The second-order valence-corrected chi connectivity index (χ2v) is 9.53. The van der Waals surface area contributed by atoms with E-state index in [1.807, 2.05) is 6.92 Å². The summed E-state index contributed by atoms with van der Waals surface area (Å²) in [4.78, 5) is 9.93. The van der Waals surface area contributed by atoms with Crippen molar-refractivity contribution in [1.29, 1.82) is 0 Å². The first-order valence-electron chi connectivity index (χ1n) is 4.02. The Labute approximate surface area is 69.9 Å². The van der Waals surface area contributed by atoms with E-state index < -0.39 is 8.07 Å². The van der Waals surface area contributed by atoms with Crippen LogP contribution in [-0.4, -0.2) is 20.7 Å². The molecule has 0 fully saturated rings. The van der Waals surface area contributed by atoms with Crippen LogP contribution in [0.25, 0.3) is 0 Å². The zero-order valence-electron chi connectivity index (χ0n) is 7.81. The summed E-state index contributed by atoms with van der Waals surface area (Å²) in [6, 6.07) is 1.04. The number of carbonyl (C=O) groups excluding carboxylic acids is 1. The average Bonchev–Trinajstić information content (AvgIpc) is 1.84. The van der Waals surface area contributed by atoms with Gasteiger partial charge in [-0.15, -0.1) is 0 Å². The summed E-state index contributed by atoms with van der Waals surface area (Å²) >= 11 is 0. The monoisotopic (exact) mass is 173 g/mol. The topological polar surface area (TPSA) is 26.3 Å². The SMILES string of the molecule is CCC(C[Si](C)(C)C)O[C]=O. The van der Waals surface area contributed by atoms with Gasteiger partial charge in [-0.1, -0.05) is 26.6 Å². The number of rotatable bonds is 5. The quantitative estimate of drug-likeness (QED) is 0.596. The molecule has 0 aliphatic carbocycles. The molecule has 0 aliphatic rings. The minimum absolute atomic E-state index is 0.0965. The summed E-state index contributed by atoms with van der Waals surface area (Å²) in [6.07, 6.45) is 0.999. The van der Waals surface area contributed by atoms with Crippen molar-refractivity contribution in [1.82, 2.24) is 0 Å². The van der Waals surface area contributed by atoms with Crippen molar-refractivity contribution in [2.24, 2.45) is 0 Å². The van der Waals surface area contributed by atoms with Crippen molar-refractivity contribution in [3.05, 3.63) is 0 Å². The molecule has 0 N–H and O–H groups in total. The molecular formula is C8H17O2Si. The van der Waals surface area contributed by atoms with Crippen LogP contribution in [0.15, 0.2) is 0 Å². The van der Waals surface area contributed by atoms with Crippen molar-refractivity contribution < 1.29 is 9.53 Å². The zero-order valence-corrected chi connectivity index (χ0v) is 8.81. The van der Waals surface area contributed by atoms with Gasteiger partial charge in [0.15, 0.2) is 0 Å². The van der Waals surface area contributed by atoms with Gasteiger partial charge in [0, 0.05) is 8.07 Å². The summed E-state index contributed by atoms with van der Waals surface area (Å²) in [7, 11) is -1.08. The maximum absolute atomic E-state index is 9.93. The predicted octanol–water partition coefficient (Wildman–Crippen LogP) is 2.19. The number of hydrogen-bond acceptors (Lipinski definition) is 2. The van der Waals surface area contributed by atoms with E-state index in [-0.39, 0.29) is 6.10 Å². The standard InChI is InChI=1S/C8H17O2Si/c1-5-8(10-7-9)6-11(2,3)4/h8H,5-6H2,1-4H3. The van der Waals surface area contributed by atoms with Gasteiger partial charge < -0.3 is 4.74 Å². The van der Waals surface area contributed by atoms with Gasteiger partial charge in [-0.2, -0.15) is 0 Å². The Balaban J connectivity index is 3.77. The van der Waals surface area contributed by atoms with Crippen molar-refractivity contribution in [3.8, 4) is 0 Å². The molecule has 0 heterocycles. The second kappa shape index (κ2) is 4.54. The minimum Gasteiger partial charge on any atom is -0.454 e. The predicted molar refractivity (Wildman–Crippen MR) is 49.0 cm³/mol. The van der Waals surface area contributed by atoms with E-state index >= 15 is 0 Å². The normalized spacial score (nSPS) is 14.2. The Hall–Kier alpha value is -0.313. The van der Waals surface area contributed by atoms with Crippen LogP contribution in [0.2, 0.25) is 25.7 Å². The average molecular weight is 173 g/mol. The Morgan fingerprint density at radius 2 is 2.00 bits per heavy atom. The maximum atomic E-state index is 9.93. The van der Waals surface area contributed by atoms with Crippen LogP contribution in [-0.2, 0) is 9.53 Å². The van der Waals surface area contributed by atoms with E-state index in [1.54, 1.807) is 0 Å². The lowest BCUT2D eigenvalue weighted by Gasteiger charge is -2.21. The van der Waals surface area contributed by atoms with Crippen molar-refractivity contribution in [2.75, 3.05) is 0 Å². The third kappa shape index (κ3) is 6.10. The Morgan fingerprint density at radius 1 is 1.45 bits per heavy atom. The lowest BCUT2D eigenvalue weighted by molar-refractivity contribution is 0.189. The lowest BCUT2D eigenvalue weighted by Crippen LogP contribution is -2.27. The molecule has 0 aromatic rings. The molecule has 0 aromatic carbocycles. The molecule has 1 unspecified atom stereocenters. The van der Waals surface area contributed by atoms with Gasteiger partial charge in [0.25, 0.3) is 0 Å². The van der Waals surface area contributed by atoms with E-state index in [9.17, 15) is 4.79 Å². The van der Waals surface area contributed by atoms with Gasteiger partial charge in [0.05, 0.1) is 6.10 Å². The van der Waals surface area contributed by atoms with Crippen LogP contribution in [0.4, 0.5) is 0 Å². The Kier molecular flexibility index (Phi) is 4.41. The first-order valence-corrected chi connectivity index (χ1v) is 7.73. The smallest absolute Gasteiger partial charge is 0.417 e. The van der Waals surface area contributed by atoms with E-state index in [1.165, 1.54) is 6.47 Å². The van der Waals surface area contributed by atoms with Crippen molar-refractivity contribution in [2.45, 2.75) is 45.1 Å². The molecule has 3 heteroatoms. The first-order chi connectivity index (χ1) is 4.99. The van der Waals surface area contributed by atoms with E-state index in [0.717, 1.165) is 12.5 Å². The Morgan fingerprint density at radius 3 is 2.27 bits per heavy atom. The van der Waals surface area contributed by atoms with Crippen molar-refractivity contribution >= 4 is 14.5 Å².